The van der Waals surface area contributed by atoms with E-state index in [1.807, 2.05) is 0 Å². The Morgan fingerprint density at radius 1 is 1.33 bits per heavy atom. The molecule has 2 aliphatic carbocycles. The Labute approximate surface area is 97.6 Å². The molecular formula is C12H21NOS. The van der Waals surface area contributed by atoms with Gasteiger partial charge in [-0.25, -0.2) is 0 Å². The molecule has 86 valence electrons. The molecule has 0 atom stereocenters. The van der Waals surface area contributed by atoms with E-state index in [0.29, 0.717) is 10.4 Å². The lowest BCUT2D eigenvalue weighted by atomic mass is 10.0. The van der Waals surface area contributed by atoms with Crippen molar-refractivity contribution in [1.29, 1.82) is 0 Å². The van der Waals surface area contributed by atoms with Crippen LogP contribution in [-0.4, -0.2) is 18.2 Å². The van der Waals surface area contributed by atoms with Gasteiger partial charge in [-0.2, -0.15) is 0 Å². The summed E-state index contributed by atoms with van der Waals surface area (Å²) in [4.78, 5) is 0.650. The highest BCUT2D eigenvalue weighted by atomic mass is 32.1. The number of ether oxygens (including phenoxy) is 1. The number of rotatable bonds is 6. The highest BCUT2D eigenvalue weighted by Gasteiger charge is 2.43. The van der Waals surface area contributed by atoms with Gasteiger partial charge in [-0.15, -0.1) is 0 Å². The number of nitrogens with two attached hydrogens (primary N) is 1. The molecule has 0 radical (unpaired) electrons. The topological polar surface area (TPSA) is 35.2 Å². The molecule has 0 aromatic rings. The van der Waals surface area contributed by atoms with Gasteiger partial charge in [0.25, 0.3) is 0 Å². The SMILES string of the molecule is NC(=S)CC1(COCC2CCCC2)CC1. The second kappa shape index (κ2) is 4.79. The molecule has 0 spiro atoms. The van der Waals surface area contributed by atoms with Gasteiger partial charge in [-0.3, -0.25) is 0 Å². The van der Waals surface area contributed by atoms with Gasteiger partial charge in [0.05, 0.1) is 11.6 Å². The third kappa shape index (κ3) is 3.42. The van der Waals surface area contributed by atoms with E-state index in [2.05, 4.69) is 0 Å². The van der Waals surface area contributed by atoms with E-state index in [0.717, 1.165) is 25.6 Å². The molecule has 2 fully saturated rings. The molecule has 2 rings (SSSR count). The summed E-state index contributed by atoms with van der Waals surface area (Å²) < 4.78 is 5.83. The summed E-state index contributed by atoms with van der Waals surface area (Å²) in [5.74, 6) is 0.825. The van der Waals surface area contributed by atoms with Crippen molar-refractivity contribution in [1.82, 2.24) is 0 Å². The second-order valence-corrected chi connectivity index (χ2v) is 5.83. The van der Waals surface area contributed by atoms with Gasteiger partial charge in [0.15, 0.2) is 0 Å². The highest BCUT2D eigenvalue weighted by molar-refractivity contribution is 7.80. The third-order valence-corrected chi connectivity index (χ3v) is 3.89. The molecule has 3 heteroatoms. The zero-order valence-electron chi connectivity index (χ0n) is 9.34. The van der Waals surface area contributed by atoms with Crippen LogP contribution >= 0.6 is 12.2 Å². The van der Waals surface area contributed by atoms with E-state index in [9.17, 15) is 0 Å². The van der Waals surface area contributed by atoms with Crippen LogP contribution in [0.5, 0.6) is 0 Å². The Balaban J connectivity index is 1.62. The van der Waals surface area contributed by atoms with E-state index in [4.69, 9.17) is 22.7 Å². The van der Waals surface area contributed by atoms with Crippen molar-refractivity contribution in [2.45, 2.75) is 44.9 Å². The molecule has 0 amide bonds. The minimum Gasteiger partial charge on any atom is -0.393 e. The summed E-state index contributed by atoms with van der Waals surface area (Å²) in [6.45, 7) is 1.83. The molecule has 2 saturated carbocycles. The Hall–Kier alpha value is -0.150. The van der Waals surface area contributed by atoms with E-state index in [1.165, 1.54) is 38.5 Å². The summed E-state index contributed by atoms with van der Waals surface area (Å²) in [6.07, 6.45) is 8.89. The summed E-state index contributed by atoms with van der Waals surface area (Å²) in [5.41, 5.74) is 5.93. The van der Waals surface area contributed by atoms with E-state index in [-0.39, 0.29) is 0 Å². The van der Waals surface area contributed by atoms with Crippen LogP contribution in [0.1, 0.15) is 44.9 Å². The van der Waals surface area contributed by atoms with Gasteiger partial charge in [0.2, 0.25) is 0 Å². The van der Waals surface area contributed by atoms with Crippen molar-refractivity contribution < 1.29 is 4.74 Å². The first-order valence-corrected chi connectivity index (χ1v) is 6.47. The maximum Gasteiger partial charge on any atom is 0.0733 e. The van der Waals surface area contributed by atoms with Crippen LogP contribution in [0.25, 0.3) is 0 Å². The van der Waals surface area contributed by atoms with E-state index in [1.54, 1.807) is 0 Å². The van der Waals surface area contributed by atoms with Gasteiger partial charge in [-0.05, 0) is 31.6 Å². The maximum absolute atomic E-state index is 5.83. The molecule has 2 nitrogen and oxygen atoms in total. The summed E-state index contributed by atoms with van der Waals surface area (Å²) in [6, 6.07) is 0. The van der Waals surface area contributed by atoms with Gasteiger partial charge >= 0.3 is 0 Å². The fourth-order valence-corrected chi connectivity index (χ4v) is 2.84. The summed E-state index contributed by atoms with van der Waals surface area (Å²) in [7, 11) is 0. The molecular weight excluding hydrogens is 206 g/mol. The quantitative estimate of drug-likeness (QED) is 0.709. The summed E-state index contributed by atoms with van der Waals surface area (Å²) >= 11 is 4.96. The molecule has 0 bridgehead atoms. The fraction of sp³-hybridized carbons (Fsp3) is 0.917. The standard InChI is InChI=1S/C12H21NOS/c13-11(15)7-12(5-6-12)9-14-8-10-3-1-2-4-10/h10H,1-9H2,(H2,13,15). The Morgan fingerprint density at radius 3 is 2.53 bits per heavy atom. The van der Waals surface area contributed by atoms with Crippen LogP contribution in [0, 0.1) is 11.3 Å². The maximum atomic E-state index is 5.83. The average Bonchev–Trinajstić information content (AvgIpc) is 2.74. The molecule has 0 aliphatic heterocycles. The molecule has 15 heavy (non-hydrogen) atoms. The molecule has 2 aliphatic rings. The monoisotopic (exact) mass is 227 g/mol. The third-order valence-electron chi connectivity index (χ3n) is 3.74. The van der Waals surface area contributed by atoms with Crippen LogP contribution in [0.4, 0.5) is 0 Å². The molecule has 0 unspecified atom stereocenters. The van der Waals surface area contributed by atoms with Crippen molar-refractivity contribution in [2.75, 3.05) is 13.2 Å². The first-order chi connectivity index (χ1) is 7.20. The predicted octanol–water partition coefficient (Wildman–Crippen LogP) is 2.65. The van der Waals surface area contributed by atoms with Crippen molar-refractivity contribution in [2.24, 2.45) is 17.1 Å². The smallest absolute Gasteiger partial charge is 0.0733 e. The number of hydrogen-bond donors (Lipinski definition) is 1. The minimum atomic E-state index is 0.338. The van der Waals surface area contributed by atoms with Crippen molar-refractivity contribution >= 4 is 17.2 Å². The first kappa shape index (κ1) is 11.3. The van der Waals surface area contributed by atoms with Crippen LogP contribution in [-0.2, 0) is 4.74 Å². The number of thiocarbonyl (C=S) groups is 1. The summed E-state index contributed by atoms with van der Waals surface area (Å²) in [5, 5.41) is 0. The first-order valence-electron chi connectivity index (χ1n) is 6.06. The Morgan fingerprint density at radius 2 is 2.00 bits per heavy atom. The average molecular weight is 227 g/mol. The molecule has 2 N–H and O–H groups in total. The fourth-order valence-electron chi connectivity index (χ4n) is 2.54. The normalized spacial score (nSPS) is 24.3. The van der Waals surface area contributed by atoms with Crippen molar-refractivity contribution in [3.63, 3.8) is 0 Å². The van der Waals surface area contributed by atoms with Crippen molar-refractivity contribution in [3.05, 3.63) is 0 Å². The van der Waals surface area contributed by atoms with Gasteiger partial charge < -0.3 is 10.5 Å². The van der Waals surface area contributed by atoms with Gasteiger partial charge in [0, 0.05) is 18.4 Å². The Kier molecular flexibility index (Phi) is 3.62. The largest absolute Gasteiger partial charge is 0.393 e. The van der Waals surface area contributed by atoms with Gasteiger partial charge in [0.1, 0.15) is 0 Å². The molecule has 0 saturated heterocycles. The van der Waals surface area contributed by atoms with Crippen LogP contribution in [0.3, 0.4) is 0 Å². The minimum absolute atomic E-state index is 0.338. The number of hydrogen-bond acceptors (Lipinski definition) is 2. The molecule has 0 aromatic carbocycles. The van der Waals surface area contributed by atoms with Gasteiger partial charge in [-0.1, -0.05) is 25.1 Å². The highest BCUT2D eigenvalue weighted by Crippen LogP contribution is 2.49. The van der Waals surface area contributed by atoms with Crippen molar-refractivity contribution in [3.8, 4) is 0 Å². The molecule has 0 aromatic heterocycles. The second-order valence-electron chi connectivity index (χ2n) is 5.31. The van der Waals surface area contributed by atoms with Crippen LogP contribution in [0.15, 0.2) is 0 Å². The van der Waals surface area contributed by atoms with E-state index >= 15 is 0 Å². The van der Waals surface area contributed by atoms with Crippen LogP contribution < -0.4 is 5.73 Å². The zero-order chi connectivity index (χ0) is 10.7. The lowest BCUT2D eigenvalue weighted by Gasteiger charge is -2.16. The predicted molar refractivity (Wildman–Crippen MR) is 65.8 cm³/mol. The zero-order valence-corrected chi connectivity index (χ0v) is 10.2. The lowest BCUT2D eigenvalue weighted by Crippen LogP contribution is -2.21. The molecule has 0 heterocycles. The lowest BCUT2D eigenvalue weighted by molar-refractivity contribution is 0.0669. The Bertz CT molecular complexity index is 232. The van der Waals surface area contributed by atoms with E-state index < -0.39 is 0 Å². The van der Waals surface area contributed by atoms with Crippen LogP contribution in [0.2, 0.25) is 0 Å².